The Bertz CT molecular complexity index is 688. The van der Waals surface area contributed by atoms with Gasteiger partial charge in [0, 0.05) is 19.8 Å². The minimum Gasteiger partial charge on any atom is -0.436 e. The second-order valence-electron chi connectivity index (χ2n) is 12.8. The van der Waals surface area contributed by atoms with E-state index in [2.05, 4.69) is 45.8 Å². The van der Waals surface area contributed by atoms with Crippen molar-refractivity contribution < 1.29 is 40.8 Å². The molecule has 0 saturated carbocycles. The molecule has 0 radical (unpaired) electrons. The molecule has 0 N–H and O–H groups in total. The summed E-state index contributed by atoms with van der Waals surface area (Å²) in [6, 6.07) is 3.01. The van der Waals surface area contributed by atoms with Crippen molar-refractivity contribution in [2.45, 2.75) is 102 Å². The molecule has 3 aliphatic heterocycles. The molecule has 13 heteroatoms. The van der Waals surface area contributed by atoms with E-state index in [0.29, 0.717) is 44.7 Å². The van der Waals surface area contributed by atoms with Crippen LogP contribution in [0.15, 0.2) is 0 Å². The zero-order valence-corrected chi connectivity index (χ0v) is 29.0. The molecular weight excluding hydrogens is 557 g/mol. The average Bonchev–Trinajstić information content (AvgIpc) is 3.63. The van der Waals surface area contributed by atoms with Crippen molar-refractivity contribution in [2.24, 2.45) is 0 Å². The lowest BCUT2D eigenvalue weighted by Gasteiger charge is -2.42. The fraction of sp³-hybridized carbons (Fsp3) is 1.00. The topological polar surface area (TPSA) is 93.0 Å². The quantitative estimate of drug-likeness (QED) is 0.0881. The molecule has 4 unspecified atom stereocenters. The van der Waals surface area contributed by atoms with Crippen molar-refractivity contribution in [1.29, 1.82) is 0 Å². The minimum absolute atomic E-state index is 0.297. The van der Waals surface area contributed by atoms with Crippen LogP contribution in [-0.4, -0.2) is 112 Å². The summed E-state index contributed by atoms with van der Waals surface area (Å²) in [7, 11) is -8.77. The van der Waals surface area contributed by atoms with Crippen LogP contribution < -0.4 is 0 Å². The fourth-order valence-corrected chi connectivity index (χ4v) is 24.5. The molecule has 3 fully saturated rings. The molecule has 3 saturated heterocycles. The van der Waals surface area contributed by atoms with Crippen LogP contribution in [0.25, 0.3) is 0 Å². The number of rotatable bonds is 24. The van der Waals surface area contributed by atoms with E-state index in [1.54, 1.807) is 0 Å². The molecule has 0 amide bonds. The monoisotopic (exact) mass is 610 g/mol. The largest absolute Gasteiger partial charge is 0.436 e. The Morgan fingerprint density at radius 1 is 0.526 bits per heavy atom. The molecule has 224 valence electrons. The third-order valence-corrected chi connectivity index (χ3v) is 22.8. The summed E-state index contributed by atoms with van der Waals surface area (Å²) >= 11 is 0. The molecule has 0 bridgehead atoms. The summed E-state index contributed by atoms with van der Waals surface area (Å²) in [5.74, 6) is 0. The SMILES string of the molecule is C[Si](C)(CCCOCC1CO1)O[Si](C)(C)O[Si](C)(CCCOCC1CO1)O[Si](C)(C)CCCOCC1CO1. The highest BCUT2D eigenvalue weighted by atomic mass is 28.5. The molecule has 0 aromatic carbocycles. The molecule has 0 aromatic heterocycles. The number of epoxide rings is 3. The second kappa shape index (κ2) is 15.1. The summed E-state index contributed by atoms with van der Waals surface area (Å²) in [6.07, 6.45) is 3.89. The van der Waals surface area contributed by atoms with Crippen molar-refractivity contribution in [3.63, 3.8) is 0 Å². The van der Waals surface area contributed by atoms with Gasteiger partial charge in [0.25, 0.3) is 0 Å². The highest BCUT2D eigenvalue weighted by Crippen LogP contribution is 2.30. The van der Waals surface area contributed by atoms with E-state index in [9.17, 15) is 0 Å². The Morgan fingerprint density at radius 3 is 1.29 bits per heavy atom. The van der Waals surface area contributed by atoms with E-state index in [0.717, 1.165) is 70.4 Å². The summed E-state index contributed by atoms with van der Waals surface area (Å²) in [6.45, 7) is 22.7. The van der Waals surface area contributed by atoms with Crippen LogP contribution in [0.5, 0.6) is 0 Å². The maximum absolute atomic E-state index is 7.03. The van der Waals surface area contributed by atoms with Gasteiger partial charge >= 0.3 is 17.1 Å². The molecule has 0 aliphatic carbocycles. The van der Waals surface area contributed by atoms with Crippen LogP contribution in [0.1, 0.15) is 19.3 Å². The predicted molar refractivity (Wildman–Crippen MR) is 157 cm³/mol. The van der Waals surface area contributed by atoms with Gasteiger partial charge in [-0.15, -0.1) is 0 Å². The number of ether oxygens (including phenoxy) is 6. The predicted octanol–water partition coefficient (Wildman–Crippen LogP) is 4.64. The smallest absolute Gasteiger partial charge is 0.315 e. The molecule has 3 aliphatic rings. The normalized spacial score (nSPS) is 24.9. The minimum atomic E-state index is -2.50. The fourth-order valence-electron chi connectivity index (χ4n) is 4.85. The van der Waals surface area contributed by atoms with E-state index >= 15 is 0 Å². The van der Waals surface area contributed by atoms with Gasteiger partial charge in [0.05, 0.1) is 39.6 Å². The maximum Gasteiger partial charge on any atom is 0.315 e. The van der Waals surface area contributed by atoms with Crippen molar-refractivity contribution in [3.05, 3.63) is 0 Å². The third kappa shape index (κ3) is 15.5. The van der Waals surface area contributed by atoms with Crippen LogP contribution in [0.3, 0.4) is 0 Å². The lowest BCUT2D eigenvalue weighted by atomic mass is 10.5. The first-order valence-electron chi connectivity index (χ1n) is 14.5. The summed E-state index contributed by atoms with van der Waals surface area (Å²) in [5.41, 5.74) is 0. The maximum atomic E-state index is 7.03. The molecule has 4 atom stereocenters. The Hall–Kier alpha value is 0.508. The van der Waals surface area contributed by atoms with Gasteiger partial charge in [-0.05, 0) is 83.2 Å². The first-order valence-corrected chi connectivity index (χ1v) is 26.1. The van der Waals surface area contributed by atoms with Crippen molar-refractivity contribution in [2.75, 3.05) is 59.5 Å². The van der Waals surface area contributed by atoms with Crippen molar-refractivity contribution in [3.8, 4) is 0 Å². The Morgan fingerprint density at radius 2 is 0.895 bits per heavy atom. The van der Waals surface area contributed by atoms with Gasteiger partial charge in [-0.1, -0.05) is 0 Å². The van der Waals surface area contributed by atoms with Crippen LogP contribution in [0.4, 0.5) is 0 Å². The molecular formula is C25H54O9Si4. The molecule has 3 heterocycles. The van der Waals surface area contributed by atoms with Gasteiger partial charge in [-0.2, -0.15) is 0 Å². The van der Waals surface area contributed by atoms with E-state index in [-0.39, 0.29) is 0 Å². The van der Waals surface area contributed by atoms with Gasteiger partial charge in [0.15, 0.2) is 16.6 Å². The molecule has 38 heavy (non-hydrogen) atoms. The molecule has 0 aromatic rings. The van der Waals surface area contributed by atoms with Crippen molar-refractivity contribution >= 4 is 33.8 Å². The first kappa shape index (κ1) is 33.0. The zero-order chi connectivity index (χ0) is 27.7. The van der Waals surface area contributed by atoms with Gasteiger partial charge in [0.1, 0.15) is 18.3 Å². The average molecular weight is 611 g/mol. The molecule has 3 rings (SSSR count). The van der Waals surface area contributed by atoms with Crippen molar-refractivity contribution in [1.82, 2.24) is 0 Å². The van der Waals surface area contributed by atoms with Crippen LogP contribution in [0.2, 0.25) is 64.0 Å². The van der Waals surface area contributed by atoms with E-state index in [1.165, 1.54) is 0 Å². The van der Waals surface area contributed by atoms with E-state index < -0.39 is 33.8 Å². The first-order chi connectivity index (χ1) is 17.9. The van der Waals surface area contributed by atoms with Crippen LogP contribution in [0, 0.1) is 0 Å². The van der Waals surface area contributed by atoms with Gasteiger partial charge < -0.3 is 40.8 Å². The standard InChI is InChI=1S/C25H54O9Si4/c1-35(2,14-8-11-26-17-23-20-29-23)32-37(5,6)34-38(7,16-10-13-28-19-25-22-31-25)33-36(3,4)15-9-12-27-18-24-21-30-24/h23-25H,8-22H2,1-7H3. The Kier molecular flexibility index (Phi) is 13.1. The lowest BCUT2D eigenvalue weighted by Crippen LogP contribution is -2.57. The van der Waals surface area contributed by atoms with Gasteiger partial charge in [-0.3, -0.25) is 0 Å². The molecule has 0 spiro atoms. The zero-order valence-electron chi connectivity index (χ0n) is 25.0. The number of hydrogen-bond donors (Lipinski definition) is 0. The van der Waals surface area contributed by atoms with Gasteiger partial charge in [-0.25, -0.2) is 0 Å². The summed E-state index contributed by atoms with van der Waals surface area (Å²) in [4.78, 5) is 0. The summed E-state index contributed by atoms with van der Waals surface area (Å²) < 4.78 is 53.9. The Balaban J connectivity index is 1.47. The molecule has 9 nitrogen and oxygen atoms in total. The summed E-state index contributed by atoms with van der Waals surface area (Å²) in [5, 5.41) is 0. The highest BCUT2D eigenvalue weighted by Gasteiger charge is 2.45. The highest BCUT2D eigenvalue weighted by molar-refractivity contribution is 6.89. The van der Waals surface area contributed by atoms with E-state index in [1.807, 2.05) is 0 Å². The second-order valence-corrected chi connectivity index (χ2v) is 28.8. The lowest BCUT2D eigenvalue weighted by molar-refractivity contribution is 0.115. The number of hydrogen-bond acceptors (Lipinski definition) is 9. The van der Waals surface area contributed by atoms with Gasteiger partial charge in [0.2, 0.25) is 0 Å². The van der Waals surface area contributed by atoms with Crippen LogP contribution in [-0.2, 0) is 40.8 Å². The van der Waals surface area contributed by atoms with Crippen LogP contribution >= 0.6 is 0 Å². The third-order valence-electron chi connectivity index (χ3n) is 6.65. The Labute approximate surface area is 235 Å². The van der Waals surface area contributed by atoms with E-state index in [4.69, 9.17) is 40.8 Å².